The van der Waals surface area contributed by atoms with Gasteiger partial charge < -0.3 is 15.1 Å². The molecule has 0 radical (unpaired) electrons. The number of nitrogens with zero attached hydrogens (tertiary/aromatic N) is 5. The molecule has 6 nitrogen and oxygen atoms in total. The van der Waals surface area contributed by atoms with Crippen molar-refractivity contribution in [2.75, 3.05) is 29.9 Å². The van der Waals surface area contributed by atoms with E-state index in [-0.39, 0.29) is 6.04 Å². The zero-order valence-corrected chi connectivity index (χ0v) is 21.1. The lowest BCUT2D eigenvalue weighted by molar-refractivity contribution is -0.137. The highest BCUT2D eigenvalue weighted by Crippen LogP contribution is 2.31. The second-order valence-corrected chi connectivity index (χ2v) is 9.38. The van der Waals surface area contributed by atoms with Crippen molar-refractivity contribution >= 4 is 17.3 Å². The summed E-state index contributed by atoms with van der Waals surface area (Å²) in [5.74, 6) is 0.564. The van der Waals surface area contributed by atoms with Gasteiger partial charge in [-0.3, -0.25) is 4.98 Å². The fourth-order valence-corrected chi connectivity index (χ4v) is 4.68. The van der Waals surface area contributed by atoms with E-state index in [1.54, 1.807) is 24.7 Å². The Kier molecular flexibility index (Phi) is 7.55. The summed E-state index contributed by atoms with van der Waals surface area (Å²) in [5.41, 5.74) is 3.76. The molecule has 4 aromatic rings. The van der Waals surface area contributed by atoms with Crippen molar-refractivity contribution in [3.63, 3.8) is 0 Å². The lowest BCUT2D eigenvalue weighted by Crippen LogP contribution is -2.46. The molecular weight excluding hydrogens is 489 g/mol. The van der Waals surface area contributed by atoms with Crippen LogP contribution in [0.5, 0.6) is 0 Å². The molecule has 0 amide bonds. The molecule has 9 heteroatoms. The van der Waals surface area contributed by atoms with Crippen molar-refractivity contribution in [2.45, 2.75) is 31.6 Å². The van der Waals surface area contributed by atoms with Gasteiger partial charge in [-0.15, -0.1) is 0 Å². The number of hydrogen-bond acceptors (Lipinski definition) is 6. The van der Waals surface area contributed by atoms with Gasteiger partial charge in [-0.25, -0.2) is 9.97 Å². The van der Waals surface area contributed by atoms with Gasteiger partial charge in [0.1, 0.15) is 0 Å². The number of rotatable bonds is 7. The van der Waals surface area contributed by atoms with Gasteiger partial charge >= 0.3 is 6.18 Å². The average molecular weight is 519 g/mol. The monoisotopic (exact) mass is 518 g/mol. The zero-order chi connectivity index (χ0) is 26.5. The number of alkyl halides is 3. The normalized spacial score (nSPS) is 15.7. The number of anilines is 3. The van der Waals surface area contributed by atoms with E-state index < -0.39 is 11.7 Å². The molecular formula is C29H29F3N6. The van der Waals surface area contributed by atoms with Crippen molar-refractivity contribution in [1.29, 1.82) is 0 Å². The molecule has 2 aromatic heterocycles. The SMILES string of the molecule is CN(c1ccncc1)c1ccc(CN(c2nccc(-c3ccc(C(F)(F)F)cc3)n2)[C@H]2CCCNC2)cc1. The van der Waals surface area contributed by atoms with Crippen LogP contribution in [0.1, 0.15) is 24.0 Å². The molecule has 1 aliphatic rings. The fraction of sp³-hybridized carbons (Fsp3) is 0.276. The minimum absolute atomic E-state index is 0.200. The first-order valence-corrected chi connectivity index (χ1v) is 12.6. The largest absolute Gasteiger partial charge is 0.416 e. The molecule has 1 N–H and O–H groups in total. The first kappa shape index (κ1) is 25.7. The van der Waals surface area contributed by atoms with Crippen LogP contribution in [-0.4, -0.2) is 41.1 Å². The summed E-state index contributed by atoms with van der Waals surface area (Å²) in [6.45, 7) is 2.41. The van der Waals surface area contributed by atoms with Crippen LogP contribution in [0.25, 0.3) is 11.3 Å². The summed E-state index contributed by atoms with van der Waals surface area (Å²) in [6.07, 6.45) is 2.90. The third-order valence-corrected chi connectivity index (χ3v) is 6.85. The Hall–Kier alpha value is -3.98. The fourth-order valence-electron chi connectivity index (χ4n) is 4.68. The molecule has 196 valence electrons. The quantitative estimate of drug-likeness (QED) is 0.320. The van der Waals surface area contributed by atoms with Gasteiger partial charge in [-0.1, -0.05) is 24.3 Å². The van der Waals surface area contributed by atoms with E-state index in [9.17, 15) is 13.2 Å². The summed E-state index contributed by atoms with van der Waals surface area (Å²) in [6, 6.07) is 19.3. The van der Waals surface area contributed by atoms with Crippen molar-refractivity contribution < 1.29 is 13.2 Å². The van der Waals surface area contributed by atoms with E-state index in [0.717, 1.165) is 55.0 Å². The van der Waals surface area contributed by atoms with Gasteiger partial charge in [0, 0.05) is 61.7 Å². The number of pyridine rings is 1. The third-order valence-electron chi connectivity index (χ3n) is 6.85. The van der Waals surface area contributed by atoms with Gasteiger partial charge in [0.15, 0.2) is 0 Å². The molecule has 0 saturated carbocycles. The molecule has 1 fully saturated rings. The molecule has 38 heavy (non-hydrogen) atoms. The maximum absolute atomic E-state index is 13.0. The summed E-state index contributed by atoms with van der Waals surface area (Å²) in [4.78, 5) is 17.7. The lowest BCUT2D eigenvalue weighted by Gasteiger charge is -2.35. The van der Waals surface area contributed by atoms with E-state index in [2.05, 4.69) is 49.4 Å². The van der Waals surface area contributed by atoms with Crippen LogP contribution in [0.2, 0.25) is 0 Å². The van der Waals surface area contributed by atoms with Crippen molar-refractivity contribution in [1.82, 2.24) is 20.3 Å². The Morgan fingerprint density at radius 2 is 1.61 bits per heavy atom. The number of piperidine rings is 1. The standard InChI is InChI=1S/C29H29F3N6/c1-37(25-12-16-33-17-13-25)24-10-4-21(5-11-24)20-38(26-3-2-15-34-19-26)28-35-18-14-27(36-28)22-6-8-23(9-7-22)29(30,31)32/h4-14,16-18,26,34H,2-3,15,19-20H2,1H3/t26-/m0/s1. The third kappa shape index (κ3) is 5.94. The molecule has 0 spiro atoms. The van der Waals surface area contributed by atoms with E-state index in [0.29, 0.717) is 23.8 Å². The Morgan fingerprint density at radius 1 is 0.895 bits per heavy atom. The first-order chi connectivity index (χ1) is 18.4. The highest BCUT2D eigenvalue weighted by atomic mass is 19.4. The van der Waals surface area contributed by atoms with E-state index in [1.165, 1.54) is 12.1 Å². The smallest absolute Gasteiger partial charge is 0.345 e. The number of nitrogens with one attached hydrogen (secondary N) is 1. The molecule has 1 atom stereocenters. The first-order valence-electron chi connectivity index (χ1n) is 12.6. The zero-order valence-electron chi connectivity index (χ0n) is 21.1. The van der Waals surface area contributed by atoms with Crippen LogP contribution < -0.4 is 15.1 Å². The van der Waals surface area contributed by atoms with Crippen molar-refractivity contribution in [2.24, 2.45) is 0 Å². The minimum atomic E-state index is -4.37. The number of aromatic nitrogens is 3. The summed E-state index contributed by atoms with van der Waals surface area (Å²) >= 11 is 0. The predicted molar refractivity (Wildman–Crippen MR) is 143 cm³/mol. The van der Waals surface area contributed by atoms with Crippen LogP contribution >= 0.6 is 0 Å². The van der Waals surface area contributed by atoms with Crippen molar-refractivity contribution in [3.05, 3.63) is 96.4 Å². The highest BCUT2D eigenvalue weighted by Gasteiger charge is 2.30. The predicted octanol–water partition coefficient (Wildman–Crippen LogP) is 6.08. The van der Waals surface area contributed by atoms with Gasteiger partial charge in [0.25, 0.3) is 0 Å². The van der Waals surface area contributed by atoms with Crippen LogP contribution in [0.4, 0.5) is 30.5 Å². The summed E-state index contributed by atoms with van der Waals surface area (Å²) in [7, 11) is 2.02. The Morgan fingerprint density at radius 3 is 2.26 bits per heavy atom. The van der Waals surface area contributed by atoms with Gasteiger partial charge in [-0.2, -0.15) is 13.2 Å². The van der Waals surface area contributed by atoms with Crippen LogP contribution in [0, 0.1) is 0 Å². The second kappa shape index (κ2) is 11.2. The van der Waals surface area contributed by atoms with E-state index in [4.69, 9.17) is 4.98 Å². The lowest BCUT2D eigenvalue weighted by atomic mass is 10.0. The highest BCUT2D eigenvalue weighted by molar-refractivity contribution is 5.63. The van der Waals surface area contributed by atoms with Gasteiger partial charge in [0.2, 0.25) is 5.95 Å². The number of hydrogen-bond donors (Lipinski definition) is 1. The molecule has 3 heterocycles. The number of benzene rings is 2. The molecule has 0 aliphatic carbocycles. The molecule has 2 aromatic carbocycles. The molecule has 0 unspecified atom stereocenters. The van der Waals surface area contributed by atoms with Crippen LogP contribution in [0.3, 0.4) is 0 Å². The Bertz CT molecular complexity index is 1320. The average Bonchev–Trinajstić information content (AvgIpc) is 2.96. The van der Waals surface area contributed by atoms with Gasteiger partial charge in [0.05, 0.1) is 11.3 Å². The summed E-state index contributed by atoms with van der Waals surface area (Å²) in [5, 5.41) is 3.46. The summed E-state index contributed by atoms with van der Waals surface area (Å²) < 4.78 is 39.1. The molecule has 5 rings (SSSR count). The maximum atomic E-state index is 13.0. The molecule has 1 saturated heterocycles. The van der Waals surface area contributed by atoms with Crippen LogP contribution in [-0.2, 0) is 12.7 Å². The second-order valence-electron chi connectivity index (χ2n) is 9.38. The van der Waals surface area contributed by atoms with E-state index in [1.807, 2.05) is 19.2 Å². The van der Waals surface area contributed by atoms with E-state index >= 15 is 0 Å². The Labute approximate surface area is 220 Å². The van der Waals surface area contributed by atoms with Crippen LogP contribution in [0.15, 0.2) is 85.3 Å². The topological polar surface area (TPSA) is 57.2 Å². The molecule has 1 aliphatic heterocycles. The van der Waals surface area contributed by atoms with Gasteiger partial charge in [-0.05, 0) is 67.4 Å². The number of halogens is 3. The minimum Gasteiger partial charge on any atom is -0.345 e. The maximum Gasteiger partial charge on any atom is 0.416 e. The Balaban J connectivity index is 1.40. The van der Waals surface area contributed by atoms with Crippen molar-refractivity contribution in [3.8, 4) is 11.3 Å². The molecule has 0 bridgehead atoms.